The number of amides is 1. The number of carbonyl (C=O) groups excluding carboxylic acids is 1. The van der Waals surface area contributed by atoms with E-state index in [1.807, 2.05) is 37.1 Å². The Bertz CT molecular complexity index is 690. The first-order chi connectivity index (χ1) is 11.0. The van der Waals surface area contributed by atoms with E-state index in [0.717, 1.165) is 35.1 Å². The number of aryl methyl sites for hydroxylation is 1. The molecule has 1 N–H and O–H groups in total. The van der Waals surface area contributed by atoms with E-state index in [-0.39, 0.29) is 5.91 Å². The highest BCUT2D eigenvalue weighted by Gasteiger charge is 2.11. The quantitative estimate of drug-likeness (QED) is 0.826. The molecule has 0 spiro atoms. The maximum atomic E-state index is 12.4. The van der Waals surface area contributed by atoms with Gasteiger partial charge in [0.2, 0.25) is 5.95 Å². The van der Waals surface area contributed by atoms with Crippen LogP contribution in [0.25, 0.3) is 0 Å². The molecule has 0 aliphatic carbocycles. The lowest BCUT2D eigenvalue weighted by atomic mass is 10.2. The highest BCUT2D eigenvalue weighted by Crippen LogP contribution is 2.20. The molecule has 1 amide bonds. The molecule has 23 heavy (non-hydrogen) atoms. The third-order valence-electron chi connectivity index (χ3n) is 3.48. The van der Waals surface area contributed by atoms with Crippen molar-refractivity contribution in [2.75, 3.05) is 23.8 Å². The van der Waals surface area contributed by atoms with Crippen LogP contribution in [0.15, 0.2) is 34.9 Å². The van der Waals surface area contributed by atoms with E-state index in [2.05, 4.69) is 38.1 Å². The van der Waals surface area contributed by atoms with Crippen LogP contribution in [0.3, 0.4) is 0 Å². The van der Waals surface area contributed by atoms with Crippen molar-refractivity contribution in [2.24, 2.45) is 0 Å². The fourth-order valence-electron chi connectivity index (χ4n) is 2.07. The molecule has 0 bridgehead atoms. The molecule has 0 atom stereocenters. The summed E-state index contributed by atoms with van der Waals surface area (Å²) < 4.78 is 1.01. The van der Waals surface area contributed by atoms with Crippen LogP contribution >= 0.6 is 15.9 Å². The van der Waals surface area contributed by atoms with Crippen LogP contribution < -0.4 is 10.2 Å². The van der Waals surface area contributed by atoms with Gasteiger partial charge in [0.25, 0.3) is 5.91 Å². The molecule has 6 heteroatoms. The largest absolute Gasteiger partial charge is 0.344 e. The molecule has 1 aromatic heterocycles. The first kappa shape index (κ1) is 17.4. The van der Waals surface area contributed by atoms with Crippen molar-refractivity contribution in [3.63, 3.8) is 0 Å². The SMILES string of the molecule is CCCCN(C)c1nccc(C(=O)Nc2ccc(Br)c(C)c2)n1. The van der Waals surface area contributed by atoms with Crippen LogP contribution in [0.4, 0.5) is 11.6 Å². The Morgan fingerprint density at radius 3 is 2.83 bits per heavy atom. The topological polar surface area (TPSA) is 58.1 Å². The molecular formula is C17H21BrN4O. The number of benzene rings is 1. The van der Waals surface area contributed by atoms with E-state index in [9.17, 15) is 4.79 Å². The average molecular weight is 377 g/mol. The molecule has 1 aromatic carbocycles. The van der Waals surface area contributed by atoms with Crippen molar-refractivity contribution in [3.8, 4) is 0 Å². The lowest BCUT2D eigenvalue weighted by molar-refractivity contribution is 0.102. The molecule has 0 radical (unpaired) electrons. The zero-order chi connectivity index (χ0) is 16.8. The van der Waals surface area contributed by atoms with Gasteiger partial charge in [-0.25, -0.2) is 9.97 Å². The van der Waals surface area contributed by atoms with Gasteiger partial charge in [0.1, 0.15) is 5.69 Å². The van der Waals surface area contributed by atoms with Crippen LogP contribution in [0.1, 0.15) is 35.8 Å². The molecule has 2 rings (SSSR count). The minimum Gasteiger partial charge on any atom is -0.344 e. The van der Waals surface area contributed by atoms with Gasteiger partial charge < -0.3 is 10.2 Å². The number of rotatable bonds is 6. The van der Waals surface area contributed by atoms with Crippen LogP contribution in [-0.4, -0.2) is 29.5 Å². The molecule has 2 aromatic rings. The van der Waals surface area contributed by atoms with Crippen LogP contribution in [0.2, 0.25) is 0 Å². The second-order valence-electron chi connectivity index (χ2n) is 5.44. The van der Waals surface area contributed by atoms with Crippen molar-refractivity contribution in [1.29, 1.82) is 0 Å². The molecule has 0 aliphatic rings. The van der Waals surface area contributed by atoms with Gasteiger partial charge in [-0.1, -0.05) is 29.3 Å². The minimum absolute atomic E-state index is 0.237. The van der Waals surface area contributed by atoms with Crippen LogP contribution in [-0.2, 0) is 0 Å². The number of aromatic nitrogens is 2. The molecule has 122 valence electrons. The molecule has 0 saturated heterocycles. The number of hydrogen-bond donors (Lipinski definition) is 1. The maximum absolute atomic E-state index is 12.4. The van der Waals surface area contributed by atoms with Crippen molar-refractivity contribution in [1.82, 2.24) is 9.97 Å². The number of unbranched alkanes of at least 4 members (excludes halogenated alkanes) is 1. The first-order valence-electron chi connectivity index (χ1n) is 7.63. The van der Waals surface area contributed by atoms with Gasteiger partial charge in [0.15, 0.2) is 0 Å². The standard InChI is InChI=1S/C17H21BrN4O/c1-4-5-10-22(3)17-19-9-8-15(21-17)16(23)20-13-6-7-14(18)12(2)11-13/h6-9,11H,4-5,10H2,1-3H3,(H,20,23). The van der Waals surface area contributed by atoms with E-state index >= 15 is 0 Å². The zero-order valence-electron chi connectivity index (χ0n) is 13.6. The highest BCUT2D eigenvalue weighted by atomic mass is 79.9. The summed E-state index contributed by atoms with van der Waals surface area (Å²) in [7, 11) is 1.94. The second-order valence-corrected chi connectivity index (χ2v) is 6.29. The predicted octanol–water partition coefficient (Wildman–Crippen LogP) is 4.04. The molecule has 0 fully saturated rings. The van der Waals surface area contributed by atoms with Gasteiger partial charge in [-0.15, -0.1) is 0 Å². The number of nitrogens with one attached hydrogen (secondary N) is 1. The third kappa shape index (κ3) is 4.76. The van der Waals surface area contributed by atoms with Gasteiger partial charge in [-0.2, -0.15) is 0 Å². The molecule has 1 heterocycles. The number of nitrogens with zero attached hydrogens (tertiary/aromatic N) is 3. The van der Waals surface area contributed by atoms with Crippen LogP contribution in [0.5, 0.6) is 0 Å². The molecule has 5 nitrogen and oxygen atoms in total. The molecule has 0 aliphatic heterocycles. The fourth-order valence-corrected chi connectivity index (χ4v) is 2.32. The Hall–Kier alpha value is -1.95. The van der Waals surface area contributed by atoms with E-state index in [1.54, 1.807) is 12.3 Å². The van der Waals surface area contributed by atoms with Gasteiger partial charge >= 0.3 is 0 Å². The van der Waals surface area contributed by atoms with Gasteiger partial charge in [-0.3, -0.25) is 4.79 Å². The Balaban J connectivity index is 2.11. The second kappa shape index (κ2) is 8.06. The minimum atomic E-state index is -0.237. The average Bonchev–Trinajstić information content (AvgIpc) is 2.56. The Labute approximate surface area is 145 Å². The van der Waals surface area contributed by atoms with Gasteiger partial charge in [0, 0.05) is 29.9 Å². The third-order valence-corrected chi connectivity index (χ3v) is 4.37. The van der Waals surface area contributed by atoms with Crippen LogP contribution in [0, 0.1) is 6.92 Å². The molecular weight excluding hydrogens is 356 g/mol. The highest BCUT2D eigenvalue weighted by molar-refractivity contribution is 9.10. The lowest BCUT2D eigenvalue weighted by Crippen LogP contribution is -2.22. The van der Waals surface area contributed by atoms with E-state index in [4.69, 9.17) is 0 Å². The van der Waals surface area contributed by atoms with Crippen molar-refractivity contribution in [3.05, 3.63) is 46.2 Å². The summed E-state index contributed by atoms with van der Waals surface area (Å²) in [6, 6.07) is 7.30. The van der Waals surface area contributed by atoms with E-state index in [1.165, 1.54) is 0 Å². The Morgan fingerprint density at radius 1 is 1.35 bits per heavy atom. The predicted molar refractivity (Wildman–Crippen MR) is 97.0 cm³/mol. The number of carbonyl (C=O) groups is 1. The van der Waals surface area contributed by atoms with E-state index in [0.29, 0.717) is 11.6 Å². The fraction of sp³-hybridized carbons (Fsp3) is 0.353. The lowest BCUT2D eigenvalue weighted by Gasteiger charge is -2.16. The smallest absolute Gasteiger partial charge is 0.274 e. The monoisotopic (exact) mass is 376 g/mol. The van der Waals surface area contributed by atoms with Gasteiger partial charge in [-0.05, 0) is 43.2 Å². The molecule has 0 unspecified atom stereocenters. The van der Waals surface area contributed by atoms with Crippen molar-refractivity contribution >= 4 is 33.5 Å². The summed E-state index contributed by atoms with van der Waals surface area (Å²) in [6.07, 6.45) is 3.79. The Morgan fingerprint density at radius 2 is 2.13 bits per heavy atom. The Kier molecular flexibility index (Phi) is 6.10. The molecule has 0 saturated carbocycles. The number of halogens is 1. The summed E-state index contributed by atoms with van der Waals surface area (Å²) in [4.78, 5) is 22.9. The number of hydrogen-bond acceptors (Lipinski definition) is 4. The zero-order valence-corrected chi connectivity index (χ0v) is 15.2. The van der Waals surface area contributed by atoms with Gasteiger partial charge in [0.05, 0.1) is 0 Å². The van der Waals surface area contributed by atoms with Crippen molar-refractivity contribution < 1.29 is 4.79 Å². The summed E-state index contributed by atoms with van der Waals surface area (Å²) >= 11 is 3.45. The normalized spacial score (nSPS) is 10.4. The summed E-state index contributed by atoms with van der Waals surface area (Å²) in [5.74, 6) is 0.331. The van der Waals surface area contributed by atoms with Crippen molar-refractivity contribution in [2.45, 2.75) is 26.7 Å². The summed E-state index contributed by atoms with van der Waals surface area (Å²) in [6.45, 7) is 4.98. The summed E-state index contributed by atoms with van der Waals surface area (Å²) in [5, 5.41) is 2.87. The maximum Gasteiger partial charge on any atom is 0.274 e. The first-order valence-corrected chi connectivity index (χ1v) is 8.42. The number of anilines is 2. The van der Waals surface area contributed by atoms with E-state index < -0.39 is 0 Å². The summed E-state index contributed by atoms with van der Waals surface area (Å²) in [5.41, 5.74) is 2.17.